The van der Waals surface area contributed by atoms with Gasteiger partial charge in [-0.2, -0.15) is 0 Å². The van der Waals surface area contributed by atoms with Crippen LogP contribution in [0.25, 0.3) is 0 Å². The molecule has 0 fully saturated rings. The Morgan fingerprint density at radius 1 is 1.28 bits per heavy atom. The highest BCUT2D eigenvalue weighted by atomic mass is 32.2. The Hall–Kier alpha value is -0.910. The molecule has 5 heteroatoms. The second-order valence-corrected chi connectivity index (χ2v) is 6.39. The number of unbranched alkanes of at least 4 members (excludes halogenated alkanes) is 1. The first-order chi connectivity index (χ1) is 8.47. The summed E-state index contributed by atoms with van der Waals surface area (Å²) in [5.74, 6) is 0.317. The molecule has 4 nitrogen and oxygen atoms in total. The second kappa shape index (κ2) is 6.87. The lowest BCUT2D eigenvalue weighted by Crippen LogP contribution is -2.25. The highest BCUT2D eigenvalue weighted by molar-refractivity contribution is 7.89. The van der Waals surface area contributed by atoms with Crippen LogP contribution < -0.4 is 10.5 Å². The Kier molecular flexibility index (Phi) is 5.78. The summed E-state index contributed by atoms with van der Waals surface area (Å²) in [5.41, 5.74) is 6.39. The fourth-order valence-electron chi connectivity index (χ4n) is 1.60. The smallest absolute Gasteiger partial charge is 0.240 e. The molecule has 0 heterocycles. The van der Waals surface area contributed by atoms with E-state index in [0.717, 1.165) is 18.4 Å². The molecule has 0 aliphatic carbocycles. The Morgan fingerprint density at radius 3 is 2.61 bits per heavy atom. The number of hydrogen-bond acceptors (Lipinski definition) is 3. The van der Waals surface area contributed by atoms with E-state index in [1.165, 1.54) is 0 Å². The SMILES string of the molecule is CC(C)c1cccc(S(=O)(=O)NCCCCN)c1. The summed E-state index contributed by atoms with van der Waals surface area (Å²) in [5, 5.41) is 0. The third-order valence-electron chi connectivity index (χ3n) is 2.76. The van der Waals surface area contributed by atoms with Gasteiger partial charge in [0.25, 0.3) is 0 Å². The Balaban J connectivity index is 2.75. The predicted octanol–water partition coefficient (Wildman–Crippen LogP) is 1.83. The van der Waals surface area contributed by atoms with Crippen molar-refractivity contribution < 1.29 is 8.42 Å². The first kappa shape index (κ1) is 15.1. The van der Waals surface area contributed by atoms with Gasteiger partial charge >= 0.3 is 0 Å². The number of hydrogen-bond donors (Lipinski definition) is 2. The van der Waals surface area contributed by atoms with Crippen molar-refractivity contribution in [2.75, 3.05) is 13.1 Å². The van der Waals surface area contributed by atoms with Gasteiger partial charge in [0.05, 0.1) is 4.90 Å². The van der Waals surface area contributed by atoms with Crippen molar-refractivity contribution in [3.63, 3.8) is 0 Å². The van der Waals surface area contributed by atoms with Crippen molar-refractivity contribution in [1.82, 2.24) is 4.72 Å². The molecule has 0 radical (unpaired) electrons. The Bertz CT molecular complexity index is 470. The van der Waals surface area contributed by atoms with E-state index in [-0.39, 0.29) is 0 Å². The lowest BCUT2D eigenvalue weighted by Gasteiger charge is -2.10. The van der Waals surface area contributed by atoms with Crippen LogP contribution in [0.2, 0.25) is 0 Å². The molecule has 0 aliphatic heterocycles. The van der Waals surface area contributed by atoms with Crippen LogP contribution in [0.3, 0.4) is 0 Å². The minimum absolute atomic E-state index is 0.317. The molecule has 0 aliphatic rings. The van der Waals surface area contributed by atoms with Crippen molar-refractivity contribution in [3.05, 3.63) is 29.8 Å². The number of nitrogens with two attached hydrogens (primary N) is 1. The summed E-state index contributed by atoms with van der Waals surface area (Å²) < 4.78 is 26.6. The molecule has 0 saturated carbocycles. The Labute approximate surface area is 110 Å². The minimum atomic E-state index is -3.39. The van der Waals surface area contributed by atoms with Crippen molar-refractivity contribution in [2.24, 2.45) is 5.73 Å². The molecule has 0 amide bonds. The monoisotopic (exact) mass is 270 g/mol. The Morgan fingerprint density at radius 2 is 2.00 bits per heavy atom. The van der Waals surface area contributed by atoms with Crippen molar-refractivity contribution >= 4 is 10.0 Å². The van der Waals surface area contributed by atoms with Gasteiger partial charge in [-0.3, -0.25) is 0 Å². The van der Waals surface area contributed by atoms with Crippen LogP contribution in [0.15, 0.2) is 29.2 Å². The van der Waals surface area contributed by atoms with Crippen molar-refractivity contribution in [1.29, 1.82) is 0 Å². The maximum atomic E-state index is 12.0. The molecule has 1 aromatic carbocycles. The number of rotatable bonds is 7. The molecule has 0 atom stereocenters. The van der Waals surface area contributed by atoms with Gasteiger partial charge in [0.2, 0.25) is 10.0 Å². The van der Waals surface area contributed by atoms with Gasteiger partial charge < -0.3 is 5.73 Å². The van der Waals surface area contributed by atoms with E-state index in [0.29, 0.717) is 23.9 Å². The second-order valence-electron chi connectivity index (χ2n) is 4.62. The van der Waals surface area contributed by atoms with Crippen LogP contribution in [0.4, 0.5) is 0 Å². The normalized spacial score (nSPS) is 12.0. The lowest BCUT2D eigenvalue weighted by molar-refractivity contribution is 0.577. The van der Waals surface area contributed by atoms with Crippen LogP contribution in [0.5, 0.6) is 0 Å². The third kappa shape index (κ3) is 4.40. The van der Waals surface area contributed by atoms with Crippen molar-refractivity contribution in [2.45, 2.75) is 37.5 Å². The maximum absolute atomic E-state index is 12.0. The lowest BCUT2D eigenvalue weighted by atomic mass is 10.0. The van der Waals surface area contributed by atoms with E-state index in [2.05, 4.69) is 4.72 Å². The molecule has 1 aromatic rings. The topological polar surface area (TPSA) is 72.2 Å². The average Bonchev–Trinajstić information content (AvgIpc) is 2.35. The first-order valence-corrected chi connectivity index (χ1v) is 7.75. The minimum Gasteiger partial charge on any atom is -0.330 e. The fraction of sp³-hybridized carbons (Fsp3) is 0.538. The van der Waals surface area contributed by atoms with E-state index in [4.69, 9.17) is 5.73 Å². The summed E-state index contributed by atoms with van der Waals surface area (Å²) in [6.45, 7) is 5.11. The van der Waals surface area contributed by atoms with Gasteiger partial charge in [-0.25, -0.2) is 13.1 Å². The molecule has 0 aromatic heterocycles. The largest absolute Gasteiger partial charge is 0.330 e. The van der Waals surface area contributed by atoms with Gasteiger partial charge in [0.15, 0.2) is 0 Å². The quantitative estimate of drug-likeness (QED) is 0.742. The standard InChI is InChI=1S/C13H22N2O2S/c1-11(2)12-6-5-7-13(10-12)18(16,17)15-9-4-3-8-14/h5-7,10-11,15H,3-4,8-9,14H2,1-2H3. The summed E-state index contributed by atoms with van der Waals surface area (Å²) in [6.07, 6.45) is 1.59. The first-order valence-electron chi connectivity index (χ1n) is 6.27. The molecule has 0 saturated heterocycles. The summed E-state index contributed by atoms with van der Waals surface area (Å²) in [4.78, 5) is 0.335. The van der Waals surface area contributed by atoms with E-state index >= 15 is 0 Å². The average molecular weight is 270 g/mol. The fourth-order valence-corrected chi connectivity index (χ4v) is 2.73. The van der Waals surface area contributed by atoms with E-state index in [1.54, 1.807) is 18.2 Å². The predicted molar refractivity (Wildman–Crippen MR) is 74.0 cm³/mol. The molecule has 18 heavy (non-hydrogen) atoms. The molecular weight excluding hydrogens is 248 g/mol. The highest BCUT2D eigenvalue weighted by Crippen LogP contribution is 2.18. The number of sulfonamides is 1. The van der Waals surface area contributed by atoms with Crippen LogP contribution in [0.1, 0.15) is 38.2 Å². The summed E-state index contributed by atoms with van der Waals surface area (Å²) in [7, 11) is -3.39. The summed E-state index contributed by atoms with van der Waals surface area (Å²) >= 11 is 0. The van der Waals surface area contributed by atoms with Gasteiger partial charge in [0, 0.05) is 6.54 Å². The van der Waals surface area contributed by atoms with E-state index in [1.807, 2.05) is 19.9 Å². The maximum Gasteiger partial charge on any atom is 0.240 e. The number of benzene rings is 1. The van der Waals surface area contributed by atoms with Gasteiger partial charge in [-0.05, 0) is 43.0 Å². The van der Waals surface area contributed by atoms with E-state index < -0.39 is 10.0 Å². The zero-order valence-corrected chi connectivity index (χ0v) is 11.8. The van der Waals surface area contributed by atoms with Crippen molar-refractivity contribution in [3.8, 4) is 0 Å². The van der Waals surface area contributed by atoms with Gasteiger partial charge in [0.1, 0.15) is 0 Å². The summed E-state index contributed by atoms with van der Waals surface area (Å²) in [6, 6.07) is 7.08. The molecule has 1 rings (SSSR count). The molecule has 0 spiro atoms. The zero-order chi connectivity index (χ0) is 13.6. The molecule has 3 N–H and O–H groups in total. The molecule has 0 bridgehead atoms. The molecule has 102 valence electrons. The van der Waals surface area contributed by atoms with E-state index in [9.17, 15) is 8.42 Å². The zero-order valence-electron chi connectivity index (χ0n) is 11.0. The van der Waals surface area contributed by atoms with Crippen LogP contribution in [-0.4, -0.2) is 21.5 Å². The third-order valence-corrected chi connectivity index (χ3v) is 4.22. The van der Waals surface area contributed by atoms with Gasteiger partial charge in [-0.1, -0.05) is 26.0 Å². The number of nitrogens with one attached hydrogen (secondary N) is 1. The van der Waals surface area contributed by atoms with Crippen LogP contribution in [-0.2, 0) is 10.0 Å². The van der Waals surface area contributed by atoms with Crippen LogP contribution >= 0.6 is 0 Å². The highest BCUT2D eigenvalue weighted by Gasteiger charge is 2.14. The van der Waals surface area contributed by atoms with Gasteiger partial charge in [-0.15, -0.1) is 0 Å². The molecule has 0 unspecified atom stereocenters. The molecular formula is C13H22N2O2S. The van der Waals surface area contributed by atoms with Crippen LogP contribution in [0, 0.1) is 0 Å².